The highest BCUT2D eigenvalue weighted by Crippen LogP contribution is 2.23. The van der Waals surface area contributed by atoms with E-state index in [4.69, 9.17) is 0 Å². The molecule has 3 heteroatoms. The Bertz CT molecular complexity index is 476. The highest BCUT2D eigenvalue weighted by Gasteiger charge is 2.19. The first-order chi connectivity index (χ1) is 9.08. The number of piperazine rings is 1. The second-order valence-electron chi connectivity index (χ2n) is 5.26. The number of carbonyl (C=O) groups is 1. The van der Waals surface area contributed by atoms with Gasteiger partial charge in [0.15, 0.2) is 5.78 Å². The highest BCUT2D eigenvalue weighted by molar-refractivity contribution is 5.94. The van der Waals surface area contributed by atoms with Crippen LogP contribution in [0.2, 0.25) is 0 Å². The van der Waals surface area contributed by atoms with Gasteiger partial charge >= 0.3 is 0 Å². The van der Waals surface area contributed by atoms with E-state index in [0.29, 0.717) is 6.04 Å². The van der Waals surface area contributed by atoms with Crippen LogP contribution in [0.25, 0.3) is 5.57 Å². The van der Waals surface area contributed by atoms with Crippen LogP contribution in [0.5, 0.6) is 0 Å². The molecule has 1 N–H and O–H groups in total. The quantitative estimate of drug-likeness (QED) is 0.844. The van der Waals surface area contributed by atoms with E-state index in [-0.39, 0.29) is 5.78 Å². The molecule has 19 heavy (non-hydrogen) atoms. The minimum absolute atomic E-state index is 0.0952. The Balaban J connectivity index is 2.16. The van der Waals surface area contributed by atoms with Crippen LogP contribution in [-0.2, 0) is 4.79 Å². The summed E-state index contributed by atoms with van der Waals surface area (Å²) in [6.07, 6.45) is 1.68. The maximum Gasteiger partial charge on any atom is 0.152 e. The van der Waals surface area contributed by atoms with Gasteiger partial charge in [0.25, 0.3) is 0 Å². The van der Waals surface area contributed by atoms with Crippen molar-refractivity contribution in [1.29, 1.82) is 0 Å². The summed E-state index contributed by atoms with van der Waals surface area (Å²) >= 11 is 0. The third kappa shape index (κ3) is 3.52. The Labute approximate surface area is 115 Å². The average molecular weight is 258 g/mol. The van der Waals surface area contributed by atoms with Gasteiger partial charge in [-0.25, -0.2) is 0 Å². The Hall–Kier alpha value is -1.45. The fraction of sp³-hybridized carbons (Fsp3) is 0.438. The summed E-state index contributed by atoms with van der Waals surface area (Å²) in [6, 6.07) is 8.99. The van der Waals surface area contributed by atoms with Gasteiger partial charge in [-0.15, -0.1) is 0 Å². The molecule has 3 nitrogen and oxygen atoms in total. The van der Waals surface area contributed by atoms with Crippen molar-refractivity contribution in [3.8, 4) is 0 Å². The molecule has 0 amide bonds. The molecule has 0 saturated carbocycles. The molecule has 0 radical (unpaired) electrons. The van der Waals surface area contributed by atoms with Crippen LogP contribution in [0.4, 0.5) is 0 Å². The molecule has 102 valence electrons. The summed E-state index contributed by atoms with van der Waals surface area (Å²) in [5.41, 5.74) is 3.47. The van der Waals surface area contributed by atoms with Gasteiger partial charge < -0.3 is 5.32 Å². The standard InChI is InChI=1S/C16H22N2O/c1-12(10-13(2)19)14-4-6-15(7-5-14)16-11-17-8-9-18(16)3/h4-7,10,16-17H,8-9,11H2,1-3H3. The first kappa shape index (κ1) is 14.0. The van der Waals surface area contributed by atoms with Gasteiger partial charge in [-0.05, 0) is 43.7 Å². The highest BCUT2D eigenvalue weighted by atomic mass is 16.1. The Morgan fingerprint density at radius 3 is 2.58 bits per heavy atom. The minimum atomic E-state index is 0.0952. The van der Waals surface area contributed by atoms with E-state index < -0.39 is 0 Å². The van der Waals surface area contributed by atoms with Crippen molar-refractivity contribution in [2.75, 3.05) is 26.7 Å². The van der Waals surface area contributed by atoms with E-state index in [2.05, 4.69) is 41.5 Å². The second kappa shape index (κ2) is 6.13. The second-order valence-corrected chi connectivity index (χ2v) is 5.26. The Morgan fingerprint density at radius 1 is 1.32 bits per heavy atom. The molecular weight excluding hydrogens is 236 g/mol. The maximum atomic E-state index is 11.1. The first-order valence-electron chi connectivity index (χ1n) is 6.78. The smallest absolute Gasteiger partial charge is 0.152 e. The summed E-state index contributed by atoms with van der Waals surface area (Å²) in [5.74, 6) is 0.0952. The van der Waals surface area contributed by atoms with Gasteiger partial charge in [0.2, 0.25) is 0 Å². The maximum absolute atomic E-state index is 11.1. The molecule has 1 heterocycles. The molecular formula is C16H22N2O. The summed E-state index contributed by atoms with van der Waals surface area (Å²) in [7, 11) is 2.17. The zero-order valence-corrected chi connectivity index (χ0v) is 11.9. The van der Waals surface area contributed by atoms with Crippen LogP contribution in [-0.4, -0.2) is 37.4 Å². The SMILES string of the molecule is CC(=O)C=C(C)c1ccc(C2CNCCN2C)cc1. The fourth-order valence-corrected chi connectivity index (χ4v) is 2.53. The summed E-state index contributed by atoms with van der Waals surface area (Å²) in [4.78, 5) is 13.5. The van der Waals surface area contributed by atoms with E-state index in [0.717, 1.165) is 30.8 Å². The van der Waals surface area contributed by atoms with Crippen LogP contribution in [0.15, 0.2) is 30.3 Å². The van der Waals surface area contributed by atoms with E-state index in [1.807, 2.05) is 6.92 Å². The lowest BCUT2D eigenvalue weighted by Crippen LogP contribution is -2.43. The lowest BCUT2D eigenvalue weighted by molar-refractivity contribution is -0.112. The van der Waals surface area contributed by atoms with Gasteiger partial charge in [0.05, 0.1) is 0 Å². The van der Waals surface area contributed by atoms with E-state index in [9.17, 15) is 4.79 Å². The lowest BCUT2D eigenvalue weighted by atomic mass is 9.99. The predicted molar refractivity (Wildman–Crippen MR) is 79.0 cm³/mol. The van der Waals surface area contributed by atoms with Crippen LogP contribution in [0, 0.1) is 0 Å². The van der Waals surface area contributed by atoms with Gasteiger partial charge in [-0.2, -0.15) is 0 Å². The van der Waals surface area contributed by atoms with Crippen LogP contribution in [0.3, 0.4) is 0 Å². The molecule has 1 aromatic rings. The summed E-state index contributed by atoms with van der Waals surface area (Å²) < 4.78 is 0. The monoisotopic (exact) mass is 258 g/mol. The van der Waals surface area contributed by atoms with E-state index in [1.54, 1.807) is 13.0 Å². The molecule has 1 aliphatic rings. The molecule has 1 aromatic carbocycles. The van der Waals surface area contributed by atoms with Crippen molar-refractivity contribution < 1.29 is 4.79 Å². The molecule has 0 aromatic heterocycles. The largest absolute Gasteiger partial charge is 0.314 e. The number of allylic oxidation sites excluding steroid dienone is 2. The molecule has 2 rings (SSSR count). The van der Waals surface area contributed by atoms with Crippen molar-refractivity contribution in [3.05, 3.63) is 41.5 Å². The van der Waals surface area contributed by atoms with Crippen LogP contribution >= 0.6 is 0 Å². The topological polar surface area (TPSA) is 32.3 Å². The number of rotatable bonds is 3. The van der Waals surface area contributed by atoms with E-state index in [1.165, 1.54) is 5.56 Å². The molecule has 0 bridgehead atoms. The van der Waals surface area contributed by atoms with E-state index >= 15 is 0 Å². The van der Waals surface area contributed by atoms with Gasteiger partial charge in [0.1, 0.15) is 0 Å². The van der Waals surface area contributed by atoms with Crippen molar-refractivity contribution in [1.82, 2.24) is 10.2 Å². The molecule has 1 fully saturated rings. The third-order valence-electron chi connectivity index (χ3n) is 3.68. The van der Waals surface area contributed by atoms with Crippen molar-refractivity contribution >= 4 is 11.4 Å². The minimum Gasteiger partial charge on any atom is -0.314 e. The number of carbonyl (C=O) groups excluding carboxylic acids is 1. The van der Waals surface area contributed by atoms with Crippen LogP contribution < -0.4 is 5.32 Å². The Kier molecular flexibility index (Phi) is 4.51. The molecule has 0 spiro atoms. The molecule has 1 unspecified atom stereocenters. The lowest BCUT2D eigenvalue weighted by Gasteiger charge is -2.33. The number of ketones is 1. The zero-order valence-electron chi connectivity index (χ0n) is 11.9. The molecule has 1 aliphatic heterocycles. The number of likely N-dealkylation sites (N-methyl/N-ethyl adjacent to an activating group) is 1. The van der Waals surface area contributed by atoms with Gasteiger partial charge in [0, 0.05) is 25.7 Å². The van der Waals surface area contributed by atoms with Crippen molar-refractivity contribution in [3.63, 3.8) is 0 Å². The van der Waals surface area contributed by atoms with Crippen molar-refractivity contribution in [2.45, 2.75) is 19.9 Å². The number of hydrogen-bond acceptors (Lipinski definition) is 3. The number of hydrogen-bond donors (Lipinski definition) is 1. The number of nitrogens with one attached hydrogen (secondary N) is 1. The normalized spacial score (nSPS) is 21.4. The fourth-order valence-electron chi connectivity index (χ4n) is 2.53. The molecule has 1 atom stereocenters. The summed E-state index contributed by atoms with van der Waals surface area (Å²) in [6.45, 7) is 6.70. The third-order valence-corrected chi connectivity index (χ3v) is 3.68. The van der Waals surface area contributed by atoms with Gasteiger partial charge in [-0.3, -0.25) is 9.69 Å². The Morgan fingerprint density at radius 2 is 2.00 bits per heavy atom. The number of benzene rings is 1. The van der Waals surface area contributed by atoms with Crippen molar-refractivity contribution in [2.24, 2.45) is 0 Å². The molecule has 1 saturated heterocycles. The average Bonchev–Trinajstić information content (AvgIpc) is 2.39. The van der Waals surface area contributed by atoms with Gasteiger partial charge in [-0.1, -0.05) is 24.3 Å². The predicted octanol–water partition coefficient (Wildman–Crippen LogP) is 2.25. The zero-order chi connectivity index (χ0) is 13.8. The number of nitrogens with zero attached hydrogens (tertiary/aromatic N) is 1. The van der Waals surface area contributed by atoms with Crippen LogP contribution in [0.1, 0.15) is 31.0 Å². The first-order valence-corrected chi connectivity index (χ1v) is 6.78. The summed E-state index contributed by atoms with van der Waals surface area (Å²) in [5, 5.41) is 3.43. The molecule has 0 aliphatic carbocycles.